The number of nitrogens with zero attached hydrogens (tertiary/aromatic N) is 1. The Morgan fingerprint density at radius 3 is 2.61 bits per heavy atom. The molecule has 100 valence electrons. The van der Waals surface area contributed by atoms with Crippen molar-refractivity contribution in [2.75, 3.05) is 11.9 Å². The Kier molecular flexibility index (Phi) is 4.43. The summed E-state index contributed by atoms with van der Waals surface area (Å²) in [5.41, 5.74) is 1.11. The van der Waals surface area contributed by atoms with Crippen LogP contribution in [-0.2, 0) is 0 Å². The lowest BCUT2D eigenvalue weighted by atomic mass is 9.89. The zero-order chi connectivity index (χ0) is 13.2. The van der Waals surface area contributed by atoms with E-state index in [9.17, 15) is 4.79 Å². The predicted octanol–water partition coefficient (Wildman–Crippen LogP) is 3.45. The minimum Gasteiger partial charge on any atom is -0.351 e. The predicted molar refractivity (Wildman–Crippen MR) is 78.6 cm³/mol. The van der Waals surface area contributed by atoms with Gasteiger partial charge in [0.15, 0.2) is 0 Å². The standard InChI is InChI=1S/C13H19BrN2OS/c1-9-11(18-10(2)16-9)12(17)15-8-13(7-14)5-3-4-6-13/h3-8H2,1-2H3,(H,15,17). The van der Waals surface area contributed by atoms with Gasteiger partial charge in [-0.2, -0.15) is 0 Å². The summed E-state index contributed by atoms with van der Waals surface area (Å²) in [6.45, 7) is 4.60. The molecule has 1 N–H and O–H groups in total. The Bertz CT molecular complexity index is 438. The molecule has 0 aliphatic heterocycles. The van der Waals surface area contributed by atoms with Crippen molar-refractivity contribution in [1.29, 1.82) is 0 Å². The lowest BCUT2D eigenvalue weighted by Gasteiger charge is -2.26. The molecule has 1 heterocycles. The van der Waals surface area contributed by atoms with Crippen molar-refractivity contribution in [3.05, 3.63) is 15.6 Å². The highest BCUT2D eigenvalue weighted by atomic mass is 79.9. The summed E-state index contributed by atoms with van der Waals surface area (Å²) in [7, 11) is 0. The second-order valence-corrected chi connectivity index (χ2v) is 6.93. The Morgan fingerprint density at radius 2 is 2.11 bits per heavy atom. The number of hydrogen-bond acceptors (Lipinski definition) is 3. The smallest absolute Gasteiger partial charge is 0.263 e. The number of carbonyl (C=O) groups is 1. The lowest BCUT2D eigenvalue weighted by Crippen LogP contribution is -2.37. The SMILES string of the molecule is Cc1nc(C)c(C(=O)NCC2(CBr)CCCC2)s1. The van der Waals surface area contributed by atoms with Gasteiger partial charge in [0.25, 0.3) is 5.91 Å². The van der Waals surface area contributed by atoms with Crippen LogP contribution in [0.4, 0.5) is 0 Å². The van der Waals surface area contributed by atoms with Crippen molar-refractivity contribution in [2.45, 2.75) is 39.5 Å². The molecule has 1 aliphatic carbocycles. The second-order valence-electron chi connectivity index (χ2n) is 5.17. The van der Waals surface area contributed by atoms with E-state index in [0.717, 1.165) is 27.5 Å². The highest BCUT2D eigenvalue weighted by molar-refractivity contribution is 9.09. The molecule has 0 bridgehead atoms. The second kappa shape index (κ2) is 5.70. The van der Waals surface area contributed by atoms with Crippen LogP contribution in [-0.4, -0.2) is 22.8 Å². The molecule has 0 saturated heterocycles. The van der Waals surface area contributed by atoms with Gasteiger partial charge in [-0.05, 0) is 32.1 Å². The van der Waals surface area contributed by atoms with Crippen LogP contribution in [0.15, 0.2) is 0 Å². The number of thiazole rings is 1. The molecule has 2 rings (SSSR count). The van der Waals surface area contributed by atoms with Gasteiger partial charge in [0.1, 0.15) is 4.88 Å². The highest BCUT2D eigenvalue weighted by Crippen LogP contribution is 2.39. The van der Waals surface area contributed by atoms with Crippen LogP contribution in [0.25, 0.3) is 0 Å². The molecular weight excluding hydrogens is 312 g/mol. The number of aromatic nitrogens is 1. The average Bonchev–Trinajstić information content (AvgIpc) is 2.94. The summed E-state index contributed by atoms with van der Waals surface area (Å²) in [5, 5.41) is 5.01. The normalized spacial score (nSPS) is 17.9. The maximum atomic E-state index is 12.1. The number of nitrogens with one attached hydrogen (secondary N) is 1. The number of rotatable bonds is 4. The number of carbonyl (C=O) groups excluding carboxylic acids is 1. The third kappa shape index (κ3) is 2.94. The number of alkyl halides is 1. The zero-order valence-corrected chi connectivity index (χ0v) is 13.3. The molecule has 1 fully saturated rings. The van der Waals surface area contributed by atoms with Crippen LogP contribution in [0, 0.1) is 19.3 Å². The maximum absolute atomic E-state index is 12.1. The third-order valence-corrected chi connectivity index (χ3v) is 5.94. The van der Waals surface area contributed by atoms with E-state index in [0.29, 0.717) is 0 Å². The molecule has 5 heteroatoms. The van der Waals surface area contributed by atoms with E-state index in [1.165, 1.54) is 37.0 Å². The highest BCUT2D eigenvalue weighted by Gasteiger charge is 2.33. The fourth-order valence-corrected chi connectivity index (χ4v) is 4.17. The summed E-state index contributed by atoms with van der Waals surface area (Å²) in [6.07, 6.45) is 4.97. The summed E-state index contributed by atoms with van der Waals surface area (Å²) in [5.74, 6) is 0.0327. The van der Waals surface area contributed by atoms with Gasteiger partial charge in [0, 0.05) is 11.9 Å². The first-order valence-corrected chi connectivity index (χ1v) is 8.28. The van der Waals surface area contributed by atoms with Crippen molar-refractivity contribution >= 4 is 33.2 Å². The molecule has 3 nitrogen and oxygen atoms in total. The number of aryl methyl sites for hydroxylation is 2. The maximum Gasteiger partial charge on any atom is 0.263 e. The van der Waals surface area contributed by atoms with Crippen LogP contribution >= 0.6 is 27.3 Å². The van der Waals surface area contributed by atoms with E-state index >= 15 is 0 Å². The first-order chi connectivity index (χ1) is 8.56. The largest absolute Gasteiger partial charge is 0.351 e. The quantitative estimate of drug-likeness (QED) is 0.859. The summed E-state index contributed by atoms with van der Waals surface area (Å²) in [6, 6.07) is 0. The fraction of sp³-hybridized carbons (Fsp3) is 0.692. The van der Waals surface area contributed by atoms with Crippen LogP contribution in [0.3, 0.4) is 0 Å². The molecule has 1 saturated carbocycles. The monoisotopic (exact) mass is 330 g/mol. The van der Waals surface area contributed by atoms with Gasteiger partial charge < -0.3 is 5.32 Å². The number of hydrogen-bond donors (Lipinski definition) is 1. The Morgan fingerprint density at radius 1 is 1.44 bits per heavy atom. The number of amides is 1. The molecule has 0 radical (unpaired) electrons. The Balaban J connectivity index is 1.98. The molecule has 1 aromatic heterocycles. The van der Waals surface area contributed by atoms with E-state index < -0.39 is 0 Å². The summed E-state index contributed by atoms with van der Waals surface area (Å²) in [4.78, 5) is 17.2. The Hall–Kier alpha value is -0.420. The minimum atomic E-state index is 0.0327. The molecule has 1 aromatic rings. The average molecular weight is 331 g/mol. The summed E-state index contributed by atoms with van der Waals surface area (Å²) >= 11 is 5.07. The minimum absolute atomic E-state index is 0.0327. The summed E-state index contributed by atoms with van der Waals surface area (Å²) < 4.78 is 0. The van der Waals surface area contributed by atoms with E-state index in [1.807, 2.05) is 13.8 Å². The zero-order valence-electron chi connectivity index (χ0n) is 10.9. The molecule has 0 atom stereocenters. The van der Waals surface area contributed by atoms with Gasteiger partial charge in [0.2, 0.25) is 0 Å². The molecule has 1 aliphatic rings. The van der Waals surface area contributed by atoms with Crippen molar-refractivity contribution in [1.82, 2.24) is 10.3 Å². The first-order valence-electron chi connectivity index (χ1n) is 6.34. The van der Waals surface area contributed by atoms with Gasteiger partial charge in [-0.3, -0.25) is 4.79 Å². The molecule has 0 spiro atoms. The van der Waals surface area contributed by atoms with Crippen molar-refractivity contribution in [3.63, 3.8) is 0 Å². The lowest BCUT2D eigenvalue weighted by molar-refractivity contribution is 0.0939. The first kappa shape index (κ1) is 14.0. The molecule has 18 heavy (non-hydrogen) atoms. The Labute approximate surface area is 121 Å². The van der Waals surface area contributed by atoms with E-state index in [1.54, 1.807) is 0 Å². The fourth-order valence-electron chi connectivity index (χ4n) is 2.57. The van der Waals surface area contributed by atoms with E-state index in [2.05, 4.69) is 26.2 Å². The van der Waals surface area contributed by atoms with Gasteiger partial charge in [0.05, 0.1) is 10.7 Å². The van der Waals surface area contributed by atoms with Crippen LogP contribution in [0.5, 0.6) is 0 Å². The van der Waals surface area contributed by atoms with Crippen LogP contribution in [0.2, 0.25) is 0 Å². The van der Waals surface area contributed by atoms with Crippen molar-refractivity contribution < 1.29 is 4.79 Å². The molecule has 0 unspecified atom stereocenters. The molecule has 0 aromatic carbocycles. The van der Waals surface area contributed by atoms with Gasteiger partial charge in [-0.15, -0.1) is 11.3 Å². The van der Waals surface area contributed by atoms with Gasteiger partial charge >= 0.3 is 0 Å². The molecular formula is C13H19BrN2OS. The van der Waals surface area contributed by atoms with Crippen molar-refractivity contribution in [3.8, 4) is 0 Å². The number of halogens is 1. The van der Waals surface area contributed by atoms with Crippen molar-refractivity contribution in [2.24, 2.45) is 5.41 Å². The van der Waals surface area contributed by atoms with Gasteiger partial charge in [-0.1, -0.05) is 28.8 Å². The third-order valence-electron chi connectivity index (χ3n) is 3.68. The van der Waals surface area contributed by atoms with E-state index in [-0.39, 0.29) is 11.3 Å². The topological polar surface area (TPSA) is 42.0 Å². The van der Waals surface area contributed by atoms with Gasteiger partial charge in [-0.25, -0.2) is 4.98 Å². The van der Waals surface area contributed by atoms with Crippen LogP contribution < -0.4 is 5.32 Å². The van der Waals surface area contributed by atoms with Crippen LogP contribution in [0.1, 0.15) is 46.1 Å². The molecule has 1 amide bonds. The van der Waals surface area contributed by atoms with E-state index in [4.69, 9.17) is 0 Å².